The van der Waals surface area contributed by atoms with Crippen LogP contribution in [0.15, 0.2) is 24.5 Å². The van der Waals surface area contributed by atoms with Crippen molar-refractivity contribution in [3.63, 3.8) is 0 Å². The molecule has 0 bridgehead atoms. The van der Waals surface area contributed by atoms with Crippen molar-refractivity contribution in [1.29, 1.82) is 0 Å². The molecule has 0 spiro atoms. The summed E-state index contributed by atoms with van der Waals surface area (Å²) >= 11 is 0. The van der Waals surface area contributed by atoms with Gasteiger partial charge in [0, 0.05) is 24.3 Å². The number of rotatable bonds is 5. The lowest BCUT2D eigenvalue weighted by Gasteiger charge is -2.31. The molecule has 18 heavy (non-hydrogen) atoms. The molecule has 0 aliphatic rings. The number of hydrogen-bond donors (Lipinski definition) is 2. The third-order valence-electron chi connectivity index (χ3n) is 3.00. The van der Waals surface area contributed by atoms with E-state index < -0.39 is 0 Å². The van der Waals surface area contributed by atoms with E-state index in [1.54, 1.807) is 10.7 Å². The van der Waals surface area contributed by atoms with Gasteiger partial charge in [-0.1, -0.05) is 13.8 Å². The predicted molar refractivity (Wildman–Crippen MR) is 73.5 cm³/mol. The van der Waals surface area contributed by atoms with Crippen molar-refractivity contribution >= 4 is 11.5 Å². The molecule has 2 heterocycles. The van der Waals surface area contributed by atoms with Gasteiger partial charge in [0.15, 0.2) is 5.65 Å². The van der Waals surface area contributed by atoms with Crippen LogP contribution in [0, 0.1) is 5.92 Å². The highest BCUT2D eigenvalue weighted by Crippen LogP contribution is 2.20. The zero-order valence-corrected chi connectivity index (χ0v) is 11.2. The van der Waals surface area contributed by atoms with Gasteiger partial charge in [-0.25, -0.2) is 9.50 Å². The minimum absolute atomic E-state index is 0.125. The van der Waals surface area contributed by atoms with Crippen molar-refractivity contribution in [3.05, 3.63) is 24.5 Å². The lowest BCUT2D eigenvalue weighted by atomic mass is 9.91. The van der Waals surface area contributed by atoms with E-state index >= 15 is 0 Å². The molecule has 2 aromatic heterocycles. The van der Waals surface area contributed by atoms with Crippen LogP contribution in [0.4, 0.5) is 5.82 Å². The first-order valence-corrected chi connectivity index (χ1v) is 6.31. The van der Waals surface area contributed by atoms with E-state index in [4.69, 9.17) is 5.73 Å². The minimum atomic E-state index is -0.125. The summed E-state index contributed by atoms with van der Waals surface area (Å²) in [7, 11) is 0. The summed E-state index contributed by atoms with van der Waals surface area (Å²) in [5.74, 6) is 1.43. The first-order valence-electron chi connectivity index (χ1n) is 6.31. The van der Waals surface area contributed by atoms with Gasteiger partial charge in [-0.15, -0.1) is 0 Å². The van der Waals surface area contributed by atoms with Gasteiger partial charge < -0.3 is 11.1 Å². The predicted octanol–water partition coefficient (Wildman–Crippen LogP) is 1.90. The van der Waals surface area contributed by atoms with Crippen molar-refractivity contribution in [2.45, 2.75) is 32.7 Å². The first kappa shape index (κ1) is 12.8. The molecule has 1 unspecified atom stereocenters. The Bertz CT molecular complexity index is 519. The molecule has 2 rings (SSSR count). The van der Waals surface area contributed by atoms with Gasteiger partial charge in [0.2, 0.25) is 0 Å². The van der Waals surface area contributed by atoms with Crippen LogP contribution < -0.4 is 11.1 Å². The second kappa shape index (κ2) is 4.94. The van der Waals surface area contributed by atoms with Crippen LogP contribution in [0.5, 0.6) is 0 Å². The highest BCUT2D eigenvalue weighted by molar-refractivity contribution is 5.46. The maximum atomic E-state index is 5.89. The van der Waals surface area contributed by atoms with Crippen LogP contribution in [-0.4, -0.2) is 26.7 Å². The monoisotopic (exact) mass is 247 g/mol. The number of fused-ring (bicyclic) bond motifs is 1. The highest BCUT2D eigenvalue weighted by Gasteiger charge is 2.24. The fraction of sp³-hybridized carbons (Fsp3) is 0.538. The molecule has 1 atom stereocenters. The normalized spacial score (nSPS) is 14.9. The maximum absolute atomic E-state index is 5.89. The molecule has 2 aromatic rings. The summed E-state index contributed by atoms with van der Waals surface area (Å²) < 4.78 is 1.74. The summed E-state index contributed by atoms with van der Waals surface area (Å²) in [5.41, 5.74) is 6.60. The van der Waals surface area contributed by atoms with E-state index in [0.29, 0.717) is 12.5 Å². The Hall–Kier alpha value is -1.62. The van der Waals surface area contributed by atoms with Crippen molar-refractivity contribution in [2.75, 3.05) is 11.9 Å². The summed E-state index contributed by atoms with van der Waals surface area (Å²) in [6, 6.07) is 3.81. The molecule has 0 saturated heterocycles. The van der Waals surface area contributed by atoms with Crippen molar-refractivity contribution in [2.24, 2.45) is 11.7 Å². The van der Waals surface area contributed by atoms with E-state index in [0.717, 1.165) is 17.9 Å². The average Bonchev–Trinajstić information content (AvgIpc) is 2.75. The Labute approximate surface area is 107 Å². The van der Waals surface area contributed by atoms with Gasteiger partial charge in [-0.3, -0.25) is 0 Å². The fourth-order valence-electron chi connectivity index (χ4n) is 2.28. The largest absolute Gasteiger partial charge is 0.364 e. The molecule has 5 heteroatoms. The zero-order valence-electron chi connectivity index (χ0n) is 11.2. The lowest BCUT2D eigenvalue weighted by Crippen LogP contribution is -2.43. The Kier molecular flexibility index (Phi) is 3.52. The molecule has 0 fully saturated rings. The van der Waals surface area contributed by atoms with Crippen LogP contribution in [-0.2, 0) is 0 Å². The Morgan fingerprint density at radius 3 is 2.89 bits per heavy atom. The molecule has 98 valence electrons. The number of nitrogens with one attached hydrogen (secondary N) is 1. The summed E-state index contributed by atoms with van der Waals surface area (Å²) in [5, 5.41) is 7.57. The SMILES string of the molecule is CC(C)CC(C)(CN)Nc1ccn2nccc2n1. The second-order valence-electron chi connectivity index (χ2n) is 5.43. The van der Waals surface area contributed by atoms with Gasteiger partial charge in [-0.2, -0.15) is 5.10 Å². The van der Waals surface area contributed by atoms with Crippen LogP contribution in [0.3, 0.4) is 0 Å². The second-order valence-corrected chi connectivity index (χ2v) is 5.43. The average molecular weight is 247 g/mol. The number of nitrogens with zero attached hydrogens (tertiary/aromatic N) is 3. The topological polar surface area (TPSA) is 68.2 Å². The van der Waals surface area contributed by atoms with Crippen molar-refractivity contribution in [1.82, 2.24) is 14.6 Å². The maximum Gasteiger partial charge on any atom is 0.157 e. The van der Waals surface area contributed by atoms with Crippen LogP contribution in [0.25, 0.3) is 5.65 Å². The van der Waals surface area contributed by atoms with E-state index in [1.807, 2.05) is 18.3 Å². The fourth-order valence-corrected chi connectivity index (χ4v) is 2.28. The van der Waals surface area contributed by atoms with Crippen LogP contribution in [0.2, 0.25) is 0 Å². The third kappa shape index (κ3) is 2.79. The number of nitrogens with two attached hydrogens (primary N) is 1. The number of aromatic nitrogens is 3. The van der Waals surface area contributed by atoms with Crippen LogP contribution >= 0.6 is 0 Å². The zero-order chi connectivity index (χ0) is 13.2. The van der Waals surface area contributed by atoms with E-state index in [2.05, 4.69) is 36.2 Å². The molecule has 0 radical (unpaired) electrons. The summed E-state index contributed by atoms with van der Waals surface area (Å²) in [6.07, 6.45) is 4.65. The number of hydrogen-bond acceptors (Lipinski definition) is 4. The highest BCUT2D eigenvalue weighted by atomic mass is 15.2. The summed E-state index contributed by atoms with van der Waals surface area (Å²) in [6.45, 7) is 7.11. The van der Waals surface area contributed by atoms with Gasteiger partial charge in [0.25, 0.3) is 0 Å². The molecule has 0 aliphatic heterocycles. The van der Waals surface area contributed by atoms with Crippen LogP contribution in [0.1, 0.15) is 27.2 Å². The number of anilines is 1. The van der Waals surface area contributed by atoms with Gasteiger partial charge in [0.1, 0.15) is 5.82 Å². The minimum Gasteiger partial charge on any atom is -0.364 e. The van der Waals surface area contributed by atoms with Crippen molar-refractivity contribution < 1.29 is 0 Å². The summed E-state index contributed by atoms with van der Waals surface area (Å²) in [4.78, 5) is 4.51. The molecular formula is C13H21N5. The molecule has 0 aliphatic carbocycles. The molecule has 3 N–H and O–H groups in total. The van der Waals surface area contributed by atoms with Gasteiger partial charge >= 0.3 is 0 Å². The molecular weight excluding hydrogens is 226 g/mol. The third-order valence-corrected chi connectivity index (χ3v) is 3.00. The molecule has 0 amide bonds. The first-order chi connectivity index (χ1) is 8.52. The van der Waals surface area contributed by atoms with E-state index in [9.17, 15) is 0 Å². The smallest absolute Gasteiger partial charge is 0.157 e. The molecule has 0 aromatic carbocycles. The van der Waals surface area contributed by atoms with Gasteiger partial charge in [0.05, 0.1) is 6.20 Å². The quantitative estimate of drug-likeness (QED) is 0.846. The van der Waals surface area contributed by atoms with E-state index in [1.165, 1.54) is 0 Å². The molecule has 0 saturated carbocycles. The lowest BCUT2D eigenvalue weighted by molar-refractivity contribution is 0.406. The Balaban J connectivity index is 2.20. The van der Waals surface area contributed by atoms with Gasteiger partial charge in [-0.05, 0) is 25.3 Å². The van der Waals surface area contributed by atoms with Crippen molar-refractivity contribution in [3.8, 4) is 0 Å². The van der Waals surface area contributed by atoms with E-state index in [-0.39, 0.29) is 5.54 Å². The Morgan fingerprint density at radius 2 is 2.22 bits per heavy atom. The standard InChI is InChI=1S/C13H21N5/c1-10(2)8-13(3,9-14)17-11-5-7-18-12(16-11)4-6-15-18/h4-7,10H,8-9,14H2,1-3H3,(H,16,17). The Morgan fingerprint density at radius 1 is 1.44 bits per heavy atom. The molecule has 5 nitrogen and oxygen atoms in total.